The van der Waals surface area contributed by atoms with E-state index in [-0.39, 0.29) is 5.56 Å². The number of carboxylic acid groups (broad SMARTS) is 1. The largest absolute Gasteiger partial charge is 0.478 e. The number of carboxylic acids is 1. The third kappa shape index (κ3) is 3.16. The van der Waals surface area contributed by atoms with Gasteiger partial charge in [-0.05, 0) is 33.0 Å². The Hall–Kier alpha value is -1.33. The molecule has 2 rings (SSSR count). The van der Waals surface area contributed by atoms with Gasteiger partial charge in [0.2, 0.25) is 0 Å². The maximum Gasteiger partial charge on any atom is 0.337 e. The lowest BCUT2D eigenvalue weighted by Gasteiger charge is -2.36. The van der Waals surface area contributed by atoms with Crippen LogP contribution < -0.4 is 4.90 Å². The molecule has 0 radical (unpaired) electrons. The van der Waals surface area contributed by atoms with Gasteiger partial charge in [-0.1, -0.05) is 11.6 Å². The number of rotatable bonds is 3. The Kier molecular flexibility index (Phi) is 4.27. The summed E-state index contributed by atoms with van der Waals surface area (Å²) in [6.07, 6.45) is 3.49. The molecule has 1 aromatic heterocycles. The van der Waals surface area contributed by atoms with Crippen LogP contribution in [0.4, 0.5) is 5.82 Å². The predicted octanol–water partition coefficient (Wildman–Crippen LogP) is 1.96. The topological polar surface area (TPSA) is 56.7 Å². The second kappa shape index (κ2) is 5.75. The highest BCUT2D eigenvalue weighted by molar-refractivity contribution is 6.33. The maximum absolute atomic E-state index is 10.8. The minimum atomic E-state index is -1.01. The summed E-state index contributed by atoms with van der Waals surface area (Å²) in [7, 11) is 4.18. The number of carbonyl (C=O) groups is 1. The minimum Gasteiger partial charge on any atom is -0.478 e. The first-order valence-electron chi connectivity index (χ1n) is 6.29. The van der Waals surface area contributed by atoms with Crippen molar-refractivity contribution in [3.05, 3.63) is 22.8 Å². The van der Waals surface area contributed by atoms with Gasteiger partial charge >= 0.3 is 5.97 Å². The molecule has 1 aliphatic heterocycles. The Bertz CT molecular complexity index is 471. The number of pyridine rings is 1. The Morgan fingerprint density at radius 3 is 2.58 bits per heavy atom. The zero-order valence-electron chi connectivity index (χ0n) is 11.1. The van der Waals surface area contributed by atoms with Crippen LogP contribution in [-0.2, 0) is 0 Å². The molecule has 6 heteroatoms. The molecule has 2 heterocycles. The van der Waals surface area contributed by atoms with Gasteiger partial charge in [-0.3, -0.25) is 0 Å². The standard InChI is InChI=1S/C13H18ClN3O2/c1-16(2)10-3-5-17(6-4-10)12-11(14)7-9(8-15-12)13(18)19/h7-8,10H,3-6H2,1-2H3,(H,18,19). The smallest absolute Gasteiger partial charge is 0.337 e. The normalized spacial score (nSPS) is 16.9. The number of hydrogen-bond acceptors (Lipinski definition) is 4. The molecule has 1 N–H and O–H groups in total. The fourth-order valence-electron chi connectivity index (χ4n) is 2.37. The molecule has 0 atom stereocenters. The van der Waals surface area contributed by atoms with Gasteiger partial charge in [-0.2, -0.15) is 0 Å². The van der Waals surface area contributed by atoms with Crippen molar-refractivity contribution in [2.45, 2.75) is 18.9 Å². The highest BCUT2D eigenvalue weighted by Crippen LogP contribution is 2.27. The lowest BCUT2D eigenvalue weighted by atomic mass is 10.0. The molecule has 1 aromatic rings. The molecule has 1 saturated heterocycles. The van der Waals surface area contributed by atoms with Crippen molar-refractivity contribution in [3.63, 3.8) is 0 Å². The van der Waals surface area contributed by atoms with E-state index < -0.39 is 5.97 Å². The highest BCUT2D eigenvalue weighted by Gasteiger charge is 2.23. The third-order valence-electron chi connectivity index (χ3n) is 3.56. The number of aromatic carboxylic acids is 1. The van der Waals surface area contributed by atoms with Crippen LogP contribution in [0.2, 0.25) is 5.02 Å². The minimum absolute atomic E-state index is 0.122. The van der Waals surface area contributed by atoms with Crippen molar-refractivity contribution in [3.8, 4) is 0 Å². The Morgan fingerprint density at radius 2 is 2.11 bits per heavy atom. The van der Waals surface area contributed by atoms with Crippen LogP contribution in [0.1, 0.15) is 23.2 Å². The summed E-state index contributed by atoms with van der Waals surface area (Å²) in [4.78, 5) is 19.4. The van der Waals surface area contributed by atoms with Gasteiger partial charge in [0, 0.05) is 25.3 Å². The SMILES string of the molecule is CN(C)C1CCN(c2ncc(C(=O)O)cc2Cl)CC1. The van der Waals surface area contributed by atoms with Crippen LogP contribution in [0.25, 0.3) is 0 Å². The van der Waals surface area contributed by atoms with Crippen LogP contribution >= 0.6 is 11.6 Å². The summed E-state index contributed by atoms with van der Waals surface area (Å²) >= 11 is 6.13. The van der Waals surface area contributed by atoms with Crippen LogP contribution in [0.3, 0.4) is 0 Å². The molecule has 1 aliphatic rings. The van der Waals surface area contributed by atoms with Gasteiger partial charge in [0.15, 0.2) is 0 Å². The first-order valence-corrected chi connectivity index (χ1v) is 6.67. The molecular weight excluding hydrogens is 266 g/mol. The van der Waals surface area contributed by atoms with E-state index in [0.29, 0.717) is 16.9 Å². The average Bonchev–Trinajstić information content (AvgIpc) is 2.38. The van der Waals surface area contributed by atoms with Gasteiger partial charge in [0.05, 0.1) is 10.6 Å². The van der Waals surface area contributed by atoms with Crippen LogP contribution in [0.5, 0.6) is 0 Å². The fraction of sp³-hybridized carbons (Fsp3) is 0.538. The lowest BCUT2D eigenvalue weighted by Crippen LogP contribution is -2.42. The molecule has 5 nitrogen and oxygen atoms in total. The molecule has 0 aliphatic carbocycles. The van der Waals surface area contributed by atoms with Crippen molar-refractivity contribution < 1.29 is 9.90 Å². The van der Waals surface area contributed by atoms with E-state index in [2.05, 4.69) is 28.9 Å². The van der Waals surface area contributed by atoms with E-state index >= 15 is 0 Å². The molecular formula is C13H18ClN3O2. The molecule has 0 aromatic carbocycles. The zero-order chi connectivity index (χ0) is 14.0. The molecule has 1 fully saturated rings. The molecule has 0 amide bonds. The van der Waals surface area contributed by atoms with E-state index in [4.69, 9.17) is 16.7 Å². The number of piperidine rings is 1. The lowest BCUT2D eigenvalue weighted by molar-refractivity contribution is 0.0696. The van der Waals surface area contributed by atoms with Crippen LogP contribution in [0.15, 0.2) is 12.3 Å². The predicted molar refractivity (Wildman–Crippen MR) is 75.1 cm³/mol. The van der Waals surface area contributed by atoms with Gasteiger partial charge in [-0.15, -0.1) is 0 Å². The van der Waals surface area contributed by atoms with E-state index in [1.54, 1.807) is 0 Å². The summed E-state index contributed by atoms with van der Waals surface area (Å²) in [5, 5.41) is 9.29. The van der Waals surface area contributed by atoms with Crippen molar-refractivity contribution in [1.29, 1.82) is 0 Å². The first kappa shape index (κ1) is 14.1. The molecule has 19 heavy (non-hydrogen) atoms. The quantitative estimate of drug-likeness (QED) is 0.919. The van der Waals surface area contributed by atoms with Crippen molar-refractivity contribution >= 4 is 23.4 Å². The van der Waals surface area contributed by atoms with Crippen LogP contribution in [-0.4, -0.2) is 54.2 Å². The summed E-state index contributed by atoms with van der Waals surface area (Å²) in [6, 6.07) is 2.05. The van der Waals surface area contributed by atoms with E-state index in [1.807, 2.05) is 0 Å². The molecule has 0 bridgehead atoms. The second-order valence-corrected chi connectivity index (χ2v) is 5.42. The summed E-state index contributed by atoms with van der Waals surface area (Å²) < 4.78 is 0. The zero-order valence-corrected chi connectivity index (χ0v) is 11.9. The number of hydrogen-bond donors (Lipinski definition) is 1. The molecule has 0 saturated carbocycles. The maximum atomic E-state index is 10.8. The van der Waals surface area contributed by atoms with E-state index in [1.165, 1.54) is 12.3 Å². The Balaban J connectivity index is 2.09. The fourth-order valence-corrected chi connectivity index (χ4v) is 2.66. The Labute approximate surface area is 117 Å². The summed E-state index contributed by atoms with van der Waals surface area (Å²) in [5.41, 5.74) is 0.122. The van der Waals surface area contributed by atoms with E-state index in [0.717, 1.165) is 25.9 Å². The number of anilines is 1. The van der Waals surface area contributed by atoms with Crippen molar-refractivity contribution in [2.75, 3.05) is 32.1 Å². The molecule has 104 valence electrons. The summed E-state index contributed by atoms with van der Waals surface area (Å²) in [6.45, 7) is 1.78. The first-order chi connectivity index (χ1) is 8.99. The average molecular weight is 284 g/mol. The molecule has 0 unspecified atom stereocenters. The number of halogens is 1. The van der Waals surface area contributed by atoms with Gasteiger partial charge < -0.3 is 14.9 Å². The third-order valence-corrected chi connectivity index (χ3v) is 3.84. The van der Waals surface area contributed by atoms with Crippen molar-refractivity contribution in [2.24, 2.45) is 0 Å². The van der Waals surface area contributed by atoms with E-state index in [9.17, 15) is 4.79 Å². The second-order valence-electron chi connectivity index (χ2n) is 5.02. The number of nitrogens with zero attached hydrogens (tertiary/aromatic N) is 3. The molecule has 0 spiro atoms. The van der Waals surface area contributed by atoms with Crippen molar-refractivity contribution in [1.82, 2.24) is 9.88 Å². The highest BCUT2D eigenvalue weighted by atomic mass is 35.5. The summed E-state index contributed by atoms with van der Waals surface area (Å²) in [5.74, 6) is -0.323. The Morgan fingerprint density at radius 1 is 1.47 bits per heavy atom. The van der Waals surface area contributed by atoms with Gasteiger partial charge in [-0.25, -0.2) is 9.78 Å². The number of aromatic nitrogens is 1. The van der Waals surface area contributed by atoms with Crippen LogP contribution in [0, 0.1) is 0 Å². The van der Waals surface area contributed by atoms with Gasteiger partial charge in [0.25, 0.3) is 0 Å². The monoisotopic (exact) mass is 283 g/mol. The van der Waals surface area contributed by atoms with Gasteiger partial charge in [0.1, 0.15) is 5.82 Å².